The molecule has 20 heavy (non-hydrogen) atoms. The van der Waals surface area contributed by atoms with Crippen molar-refractivity contribution in [3.63, 3.8) is 0 Å². The molecule has 1 aromatic heterocycles. The van der Waals surface area contributed by atoms with Crippen LogP contribution in [-0.2, 0) is 12.8 Å². The van der Waals surface area contributed by atoms with Gasteiger partial charge in [0.1, 0.15) is 0 Å². The lowest BCUT2D eigenvalue weighted by atomic mass is 10.1. The van der Waals surface area contributed by atoms with Gasteiger partial charge in [-0.25, -0.2) is 0 Å². The molecule has 3 rings (SSSR count). The largest absolute Gasteiger partial charge is 0.339 e. The van der Waals surface area contributed by atoms with Crippen molar-refractivity contribution in [2.24, 2.45) is 0 Å². The van der Waals surface area contributed by atoms with E-state index in [2.05, 4.69) is 46.6 Å². The number of aryl methyl sites for hydroxylation is 1. The third kappa shape index (κ3) is 3.22. The van der Waals surface area contributed by atoms with Crippen LogP contribution in [0.15, 0.2) is 28.8 Å². The van der Waals surface area contributed by atoms with Gasteiger partial charge in [-0.15, -0.1) is 0 Å². The first-order chi connectivity index (χ1) is 9.85. The van der Waals surface area contributed by atoms with Crippen LogP contribution in [0.4, 0.5) is 0 Å². The summed E-state index contributed by atoms with van der Waals surface area (Å²) >= 11 is 1.98. The smallest absolute Gasteiger partial charge is 0.228 e. The van der Waals surface area contributed by atoms with E-state index in [9.17, 15) is 0 Å². The van der Waals surface area contributed by atoms with E-state index in [0.717, 1.165) is 36.6 Å². The second-order valence-corrected chi connectivity index (χ2v) is 6.14. The summed E-state index contributed by atoms with van der Waals surface area (Å²) in [4.78, 5) is 4.50. The zero-order valence-corrected chi connectivity index (χ0v) is 12.4. The Balaban J connectivity index is 1.68. The molecule has 0 amide bonds. The third-order valence-electron chi connectivity index (χ3n) is 3.51. The summed E-state index contributed by atoms with van der Waals surface area (Å²) in [6, 6.07) is 8.80. The zero-order valence-electron chi connectivity index (χ0n) is 11.6. The Morgan fingerprint density at radius 3 is 2.90 bits per heavy atom. The van der Waals surface area contributed by atoms with Gasteiger partial charge in [-0.2, -0.15) is 16.7 Å². The number of nitrogens with zero attached hydrogens (tertiary/aromatic N) is 2. The number of hydrogen-bond acceptors (Lipinski definition) is 5. The standard InChI is InChI=1S/C15H19N3OS/c1-2-11-3-5-12(6-4-11)15-17-14(19-18-15)9-13-10-20-8-7-16-13/h3-6,13,16H,2,7-10H2,1H3. The Bertz CT molecular complexity index is 547. The molecular formula is C15H19N3OS. The van der Waals surface area contributed by atoms with Crippen LogP contribution >= 0.6 is 11.8 Å². The summed E-state index contributed by atoms with van der Waals surface area (Å²) in [5, 5.41) is 7.57. The molecular weight excluding hydrogens is 270 g/mol. The molecule has 1 N–H and O–H groups in total. The van der Waals surface area contributed by atoms with E-state index < -0.39 is 0 Å². The highest BCUT2D eigenvalue weighted by molar-refractivity contribution is 7.99. The van der Waals surface area contributed by atoms with Crippen LogP contribution in [0.25, 0.3) is 11.4 Å². The second-order valence-electron chi connectivity index (χ2n) is 4.99. The van der Waals surface area contributed by atoms with Crippen LogP contribution in [0, 0.1) is 0 Å². The normalized spacial score (nSPS) is 19.1. The molecule has 0 spiro atoms. The molecule has 1 unspecified atom stereocenters. The summed E-state index contributed by atoms with van der Waals surface area (Å²) in [5.74, 6) is 3.71. The minimum atomic E-state index is 0.449. The van der Waals surface area contributed by atoms with Gasteiger partial charge < -0.3 is 9.84 Å². The van der Waals surface area contributed by atoms with Crippen molar-refractivity contribution in [1.82, 2.24) is 15.5 Å². The molecule has 106 valence electrons. The first-order valence-corrected chi connectivity index (χ1v) is 8.23. The van der Waals surface area contributed by atoms with Crippen molar-refractivity contribution in [2.75, 3.05) is 18.1 Å². The predicted molar refractivity (Wildman–Crippen MR) is 81.9 cm³/mol. The van der Waals surface area contributed by atoms with E-state index in [1.807, 2.05) is 11.8 Å². The molecule has 2 aromatic rings. The van der Waals surface area contributed by atoms with Crippen molar-refractivity contribution in [1.29, 1.82) is 0 Å². The minimum absolute atomic E-state index is 0.449. The molecule has 1 aliphatic heterocycles. The first-order valence-electron chi connectivity index (χ1n) is 7.08. The van der Waals surface area contributed by atoms with Gasteiger partial charge in [0, 0.05) is 36.1 Å². The van der Waals surface area contributed by atoms with E-state index in [1.54, 1.807) is 0 Å². The lowest BCUT2D eigenvalue weighted by molar-refractivity contribution is 0.363. The number of aromatic nitrogens is 2. The number of hydrogen-bond donors (Lipinski definition) is 1. The van der Waals surface area contributed by atoms with Crippen LogP contribution in [0.3, 0.4) is 0 Å². The average molecular weight is 289 g/mol. The van der Waals surface area contributed by atoms with Crippen LogP contribution in [-0.4, -0.2) is 34.2 Å². The van der Waals surface area contributed by atoms with Crippen LogP contribution < -0.4 is 5.32 Å². The van der Waals surface area contributed by atoms with Crippen molar-refractivity contribution in [3.8, 4) is 11.4 Å². The third-order valence-corrected chi connectivity index (χ3v) is 4.64. The summed E-state index contributed by atoms with van der Waals surface area (Å²) < 4.78 is 5.37. The van der Waals surface area contributed by atoms with E-state index >= 15 is 0 Å². The maximum absolute atomic E-state index is 5.37. The number of rotatable bonds is 4. The Morgan fingerprint density at radius 2 is 2.20 bits per heavy atom. The molecule has 5 heteroatoms. The van der Waals surface area contributed by atoms with E-state index in [4.69, 9.17) is 4.52 Å². The van der Waals surface area contributed by atoms with Gasteiger partial charge in [0.2, 0.25) is 11.7 Å². The van der Waals surface area contributed by atoms with Gasteiger partial charge >= 0.3 is 0 Å². The van der Waals surface area contributed by atoms with E-state index in [-0.39, 0.29) is 0 Å². The quantitative estimate of drug-likeness (QED) is 0.937. The molecule has 1 atom stereocenters. The summed E-state index contributed by atoms with van der Waals surface area (Å²) in [5.41, 5.74) is 2.34. The van der Waals surface area contributed by atoms with Gasteiger partial charge in [-0.05, 0) is 12.0 Å². The highest BCUT2D eigenvalue weighted by atomic mass is 32.2. The molecule has 1 aromatic carbocycles. The van der Waals surface area contributed by atoms with Crippen molar-refractivity contribution in [3.05, 3.63) is 35.7 Å². The lowest BCUT2D eigenvalue weighted by Crippen LogP contribution is -2.38. The van der Waals surface area contributed by atoms with Crippen molar-refractivity contribution in [2.45, 2.75) is 25.8 Å². The summed E-state index contributed by atoms with van der Waals surface area (Å²) in [6.45, 7) is 3.21. The lowest BCUT2D eigenvalue weighted by Gasteiger charge is -2.21. The molecule has 0 aliphatic carbocycles. The fraction of sp³-hybridized carbons (Fsp3) is 0.467. The highest BCUT2D eigenvalue weighted by Crippen LogP contribution is 2.18. The molecule has 0 saturated carbocycles. The van der Waals surface area contributed by atoms with Gasteiger partial charge in [-0.3, -0.25) is 0 Å². The average Bonchev–Trinajstić information content (AvgIpc) is 2.97. The Morgan fingerprint density at radius 1 is 1.35 bits per heavy atom. The Hall–Kier alpha value is -1.33. The SMILES string of the molecule is CCc1ccc(-c2noc(CC3CSCCN3)n2)cc1. The number of benzene rings is 1. The molecule has 1 aliphatic rings. The second kappa shape index (κ2) is 6.41. The van der Waals surface area contributed by atoms with Gasteiger partial charge in [0.25, 0.3) is 0 Å². The monoisotopic (exact) mass is 289 g/mol. The summed E-state index contributed by atoms with van der Waals surface area (Å²) in [7, 11) is 0. The van der Waals surface area contributed by atoms with Gasteiger partial charge in [0.05, 0.1) is 0 Å². The maximum Gasteiger partial charge on any atom is 0.228 e. The molecule has 1 saturated heterocycles. The summed E-state index contributed by atoms with van der Waals surface area (Å²) in [6.07, 6.45) is 1.86. The number of nitrogens with one attached hydrogen (secondary N) is 1. The fourth-order valence-electron chi connectivity index (χ4n) is 2.31. The van der Waals surface area contributed by atoms with Crippen LogP contribution in [0.5, 0.6) is 0 Å². The zero-order chi connectivity index (χ0) is 13.8. The highest BCUT2D eigenvalue weighted by Gasteiger charge is 2.17. The fourth-order valence-corrected chi connectivity index (χ4v) is 3.26. The number of thioether (sulfide) groups is 1. The topological polar surface area (TPSA) is 51.0 Å². The predicted octanol–water partition coefficient (Wildman–Crippen LogP) is 2.55. The molecule has 2 heterocycles. The van der Waals surface area contributed by atoms with E-state index in [0.29, 0.717) is 11.9 Å². The van der Waals surface area contributed by atoms with E-state index in [1.165, 1.54) is 11.3 Å². The van der Waals surface area contributed by atoms with Crippen LogP contribution in [0.1, 0.15) is 18.4 Å². The molecule has 4 nitrogen and oxygen atoms in total. The van der Waals surface area contributed by atoms with Gasteiger partial charge in [-0.1, -0.05) is 36.3 Å². The van der Waals surface area contributed by atoms with Crippen LogP contribution in [0.2, 0.25) is 0 Å². The van der Waals surface area contributed by atoms with Crippen molar-refractivity contribution >= 4 is 11.8 Å². The molecule has 0 radical (unpaired) electrons. The van der Waals surface area contributed by atoms with Gasteiger partial charge in [0.15, 0.2) is 0 Å². The molecule has 0 bridgehead atoms. The first kappa shape index (κ1) is 13.6. The Kier molecular flexibility index (Phi) is 4.38. The Labute approximate surface area is 123 Å². The minimum Gasteiger partial charge on any atom is -0.339 e. The molecule has 1 fully saturated rings. The maximum atomic E-state index is 5.37. The van der Waals surface area contributed by atoms with Crippen molar-refractivity contribution < 1.29 is 4.52 Å².